The number of rotatable bonds is 6. The third-order valence-corrected chi connectivity index (χ3v) is 6.25. The molecule has 8 nitrogen and oxygen atoms in total. The molecule has 1 aliphatic rings. The van der Waals surface area contributed by atoms with E-state index in [-0.39, 0.29) is 30.6 Å². The predicted molar refractivity (Wildman–Crippen MR) is 136 cm³/mol. The Hall–Kier alpha value is -3.80. The Morgan fingerprint density at radius 3 is 2.50 bits per heavy atom. The molecule has 1 aliphatic heterocycles. The van der Waals surface area contributed by atoms with Crippen molar-refractivity contribution < 1.29 is 14.6 Å². The first-order chi connectivity index (χ1) is 17.4. The van der Waals surface area contributed by atoms with E-state index in [1.807, 2.05) is 38.2 Å². The molecule has 1 amide bonds. The number of nitrogens with zero attached hydrogens (tertiary/aromatic N) is 5. The van der Waals surface area contributed by atoms with Gasteiger partial charge >= 0.3 is 0 Å². The van der Waals surface area contributed by atoms with Gasteiger partial charge in [-0.25, -0.2) is 4.98 Å². The lowest BCUT2D eigenvalue weighted by Gasteiger charge is -2.37. The van der Waals surface area contributed by atoms with Crippen molar-refractivity contribution in [3.05, 3.63) is 83.6 Å². The minimum Gasteiger partial charge on any atom is -0.472 e. The zero-order valence-corrected chi connectivity index (χ0v) is 20.8. The Balaban J connectivity index is 1.63. The fourth-order valence-electron chi connectivity index (χ4n) is 4.14. The summed E-state index contributed by atoms with van der Waals surface area (Å²) in [6, 6.07) is 9.01. The molecule has 0 saturated carbocycles. The summed E-state index contributed by atoms with van der Waals surface area (Å²) in [4.78, 5) is 30.0. The van der Waals surface area contributed by atoms with Gasteiger partial charge in [-0.3, -0.25) is 19.7 Å². The molecule has 0 aliphatic carbocycles. The molecule has 3 aromatic heterocycles. The molecule has 186 valence electrons. The number of aromatic nitrogens is 3. The summed E-state index contributed by atoms with van der Waals surface area (Å²) in [7, 11) is 2.04. The smallest absolute Gasteiger partial charge is 0.259 e. The Morgan fingerprint density at radius 1 is 1.14 bits per heavy atom. The van der Waals surface area contributed by atoms with E-state index in [1.165, 1.54) is 0 Å². The average molecular weight is 486 g/mol. The Labute approximate surface area is 212 Å². The zero-order valence-electron chi connectivity index (χ0n) is 20.8. The maximum atomic E-state index is 13.6. The van der Waals surface area contributed by atoms with Crippen LogP contribution in [0.1, 0.15) is 40.9 Å². The summed E-state index contributed by atoms with van der Waals surface area (Å²) >= 11 is 0. The van der Waals surface area contributed by atoms with E-state index < -0.39 is 0 Å². The largest absolute Gasteiger partial charge is 0.472 e. The molecular weight excluding hydrogens is 454 g/mol. The van der Waals surface area contributed by atoms with Gasteiger partial charge in [0, 0.05) is 67.7 Å². The number of carbonyl (C=O) groups excluding carboxylic acids is 1. The van der Waals surface area contributed by atoms with E-state index in [1.54, 1.807) is 42.0 Å². The topological polar surface area (TPSA) is 91.7 Å². The molecule has 4 rings (SSSR count). The van der Waals surface area contributed by atoms with Crippen LogP contribution >= 0.6 is 0 Å². The fraction of sp³-hybridized carbons (Fsp3) is 0.357. The van der Waals surface area contributed by atoms with Gasteiger partial charge in [-0.05, 0) is 49.9 Å². The molecule has 1 N–H and O–H groups in total. The standard InChI is InChI=1S/C28H31N5O3/c1-20-16-33(21(2)19-34)28(35)25-14-24(5-4-22-6-10-29-11-7-22)15-31-27(25)36-26(20)18-32(3)17-23-8-12-30-13-9-23/h6-15,20-21,26,34H,16-19H2,1-3H3/t20-,21-,26-/m1/s1. The monoisotopic (exact) mass is 485 g/mol. The number of ether oxygens (including phenoxy) is 1. The van der Waals surface area contributed by atoms with Crippen molar-refractivity contribution in [3.8, 4) is 17.7 Å². The summed E-state index contributed by atoms with van der Waals surface area (Å²) in [5, 5.41) is 9.86. The minimum atomic E-state index is -0.340. The molecule has 0 saturated heterocycles. The quantitative estimate of drug-likeness (QED) is 0.537. The molecule has 3 aromatic rings. The second-order valence-corrected chi connectivity index (χ2v) is 9.24. The van der Waals surface area contributed by atoms with Crippen LogP contribution in [0.25, 0.3) is 0 Å². The van der Waals surface area contributed by atoms with Crippen molar-refractivity contribution in [2.24, 2.45) is 5.92 Å². The minimum absolute atomic E-state index is 0.0175. The second kappa shape index (κ2) is 11.8. The maximum absolute atomic E-state index is 13.6. The molecule has 0 fully saturated rings. The van der Waals surface area contributed by atoms with Gasteiger partial charge in [0.05, 0.1) is 12.6 Å². The van der Waals surface area contributed by atoms with Crippen LogP contribution < -0.4 is 4.74 Å². The van der Waals surface area contributed by atoms with Crippen molar-refractivity contribution in [1.82, 2.24) is 24.8 Å². The molecule has 0 unspecified atom stereocenters. The highest BCUT2D eigenvalue weighted by molar-refractivity contribution is 5.97. The molecule has 0 spiro atoms. The normalized spacial score (nSPS) is 18.4. The zero-order chi connectivity index (χ0) is 25.5. The molecule has 8 heteroatoms. The number of carbonyl (C=O) groups is 1. The van der Waals surface area contributed by atoms with Crippen molar-refractivity contribution in [2.45, 2.75) is 32.5 Å². The highest BCUT2D eigenvalue weighted by Gasteiger charge is 2.34. The van der Waals surface area contributed by atoms with E-state index in [4.69, 9.17) is 4.74 Å². The van der Waals surface area contributed by atoms with Crippen molar-refractivity contribution >= 4 is 5.91 Å². The van der Waals surface area contributed by atoms with Crippen LogP contribution in [0.2, 0.25) is 0 Å². The number of fused-ring (bicyclic) bond motifs is 1. The Bertz CT molecular complexity index is 1230. The number of hydrogen-bond donors (Lipinski definition) is 1. The van der Waals surface area contributed by atoms with Gasteiger partial charge in [0.15, 0.2) is 0 Å². The summed E-state index contributed by atoms with van der Waals surface area (Å²) in [5.74, 6) is 6.24. The van der Waals surface area contributed by atoms with Gasteiger partial charge in [-0.1, -0.05) is 18.8 Å². The fourth-order valence-corrected chi connectivity index (χ4v) is 4.14. The molecule has 4 heterocycles. The lowest BCUT2D eigenvalue weighted by Crippen LogP contribution is -2.49. The lowest BCUT2D eigenvalue weighted by molar-refractivity contribution is 0.0325. The van der Waals surface area contributed by atoms with Gasteiger partial charge in [0.25, 0.3) is 5.91 Å². The Morgan fingerprint density at radius 2 is 1.81 bits per heavy atom. The number of pyridine rings is 3. The van der Waals surface area contributed by atoms with E-state index in [0.29, 0.717) is 30.1 Å². The van der Waals surface area contributed by atoms with Crippen molar-refractivity contribution in [1.29, 1.82) is 0 Å². The molecule has 36 heavy (non-hydrogen) atoms. The van der Waals surface area contributed by atoms with Gasteiger partial charge in [0.2, 0.25) is 5.88 Å². The van der Waals surface area contributed by atoms with E-state index in [2.05, 4.69) is 38.6 Å². The summed E-state index contributed by atoms with van der Waals surface area (Å²) in [6.45, 7) is 5.63. The highest BCUT2D eigenvalue weighted by Crippen LogP contribution is 2.27. The third-order valence-electron chi connectivity index (χ3n) is 6.25. The first-order valence-corrected chi connectivity index (χ1v) is 12.0. The van der Waals surface area contributed by atoms with Crippen LogP contribution in [0, 0.1) is 17.8 Å². The predicted octanol–water partition coefficient (Wildman–Crippen LogP) is 2.62. The van der Waals surface area contributed by atoms with E-state index in [0.717, 1.165) is 17.7 Å². The van der Waals surface area contributed by atoms with Gasteiger partial charge in [-0.2, -0.15) is 0 Å². The van der Waals surface area contributed by atoms with Crippen LogP contribution in [0.15, 0.2) is 61.3 Å². The number of aliphatic hydroxyl groups is 1. The van der Waals surface area contributed by atoms with Crippen LogP contribution in [0.3, 0.4) is 0 Å². The Kier molecular flexibility index (Phi) is 8.26. The molecular formula is C28H31N5O3. The van der Waals surface area contributed by atoms with Gasteiger partial charge < -0.3 is 14.7 Å². The summed E-state index contributed by atoms with van der Waals surface area (Å²) in [5.41, 5.74) is 2.94. The van der Waals surface area contributed by atoms with Crippen molar-refractivity contribution in [2.75, 3.05) is 26.7 Å². The van der Waals surface area contributed by atoms with Crippen LogP contribution in [0.4, 0.5) is 0 Å². The lowest BCUT2D eigenvalue weighted by atomic mass is 9.99. The van der Waals surface area contributed by atoms with E-state index >= 15 is 0 Å². The van der Waals surface area contributed by atoms with Gasteiger partial charge in [-0.15, -0.1) is 0 Å². The molecule has 0 bridgehead atoms. The second-order valence-electron chi connectivity index (χ2n) is 9.24. The number of amides is 1. The molecule has 0 aromatic carbocycles. The summed E-state index contributed by atoms with van der Waals surface area (Å²) in [6.07, 6.45) is 8.35. The number of likely N-dealkylation sites (N-methyl/N-ethyl adjacent to an activating group) is 1. The van der Waals surface area contributed by atoms with Crippen LogP contribution in [-0.4, -0.2) is 74.7 Å². The maximum Gasteiger partial charge on any atom is 0.259 e. The summed E-state index contributed by atoms with van der Waals surface area (Å²) < 4.78 is 6.38. The first kappa shape index (κ1) is 25.3. The number of aliphatic hydroxyl groups excluding tert-OH is 1. The van der Waals surface area contributed by atoms with Crippen molar-refractivity contribution in [3.63, 3.8) is 0 Å². The highest BCUT2D eigenvalue weighted by atomic mass is 16.5. The number of hydrogen-bond acceptors (Lipinski definition) is 7. The molecule has 3 atom stereocenters. The van der Waals surface area contributed by atoms with Crippen LogP contribution in [-0.2, 0) is 6.54 Å². The van der Waals surface area contributed by atoms with Gasteiger partial charge in [0.1, 0.15) is 11.7 Å². The first-order valence-electron chi connectivity index (χ1n) is 12.0. The molecule has 0 radical (unpaired) electrons. The third kappa shape index (κ3) is 6.25. The van der Waals surface area contributed by atoms with E-state index in [9.17, 15) is 9.90 Å². The van der Waals surface area contributed by atoms with Crippen LogP contribution in [0.5, 0.6) is 5.88 Å². The SMILES string of the molecule is C[C@@H]1CN([C@H](C)CO)C(=O)c2cc(C#Cc3ccncc3)cnc2O[C@@H]1CN(C)Cc1ccncc1. The average Bonchev–Trinajstić information content (AvgIpc) is 2.90.